The van der Waals surface area contributed by atoms with Crippen LogP contribution in [0.5, 0.6) is 0 Å². The molecule has 0 bridgehead atoms. The van der Waals surface area contributed by atoms with E-state index < -0.39 is 0 Å². The molecule has 1 atom stereocenters. The van der Waals surface area contributed by atoms with Crippen molar-refractivity contribution in [3.8, 4) is 0 Å². The second-order valence-corrected chi connectivity index (χ2v) is 7.97. The minimum atomic E-state index is -0.303. The summed E-state index contributed by atoms with van der Waals surface area (Å²) in [6.07, 6.45) is 1.87. The summed E-state index contributed by atoms with van der Waals surface area (Å²) in [5.74, 6) is 0.432. The van der Waals surface area contributed by atoms with Crippen LogP contribution in [0.25, 0.3) is 11.0 Å². The monoisotopic (exact) mass is 393 g/mol. The molecular formula is C22H23N3O2S. The van der Waals surface area contributed by atoms with E-state index in [1.54, 1.807) is 11.8 Å². The van der Waals surface area contributed by atoms with Gasteiger partial charge >= 0.3 is 5.97 Å². The van der Waals surface area contributed by atoms with Gasteiger partial charge in [0.05, 0.1) is 28.8 Å². The van der Waals surface area contributed by atoms with Gasteiger partial charge in [0, 0.05) is 10.6 Å². The Hall–Kier alpha value is -2.73. The predicted octanol–water partition coefficient (Wildman–Crippen LogP) is 5.00. The van der Waals surface area contributed by atoms with Crippen molar-refractivity contribution in [2.45, 2.75) is 37.8 Å². The standard InChI is InChI=1S/C22H23N3O2S/c1-13(2)27-21(26)19-14(3)23-22-24-17-7-5-6-8-18(17)25(22)20(19)15-9-11-16(28-4)12-10-15/h5-13,20H,1-4H3,(H,23,24)/t20-/m0/s1. The molecule has 0 fully saturated rings. The Labute approximate surface area is 168 Å². The number of carbonyl (C=O) groups excluding carboxylic acids is 1. The molecule has 5 nitrogen and oxygen atoms in total. The molecule has 0 aliphatic carbocycles. The Kier molecular flexibility index (Phi) is 4.89. The number of nitrogens with zero attached hydrogens (tertiary/aromatic N) is 2. The Morgan fingerprint density at radius 1 is 1.18 bits per heavy atom. The third-order valence-electron chi connectivity index (χ3n) is 4.82. The molecule has 0 amide bonds. The molecule has 1 aliphatic rings. The van der Waals surface area contributed by atoms with E-state index in [1.807, 2.05) is 45.0 Å². The van der Waals surface area contributed by atoms with Crippen molar-refractivity contribution in [1.82, 2.24) is 9.55 Å². The van der Waals surface area contributed by atoms with Crippen LogP contribution < -0.4 is 5.32 Å². The lowest BCUT2D eigenvalue weighted by atomic mass is 9.95. The van der Waals surface area contributed by atoms with E-state index in [2.05, 4.69) is 40.4 Å². The predicted molar refractivity (Wildman–Crippen MR) is 114 cm³/mol. The van der Waals surface area contributed by atoms with Crippen molar-refractivity contribution in [3.63, 3.8) is 0 Å². The number of imidazole rings is 1. The molecule has 0 unspecified atom stereocenters. The number of anilines is 1. The summed E-state index contributed by atoms with van der Waals surface area (Å²) in [6, 6.07) is 16.0. The first-order valence-electron chi connectivity index (χ1n) is 9.29. The van der Waals surface area contributed by atoms with E-state index in [0.717, 1.165) is 28.2 Å². The van der Waals surface area contributed by atoms with E-state index in [-0.39, 0.29) is 18.1 Å². The first-order valence-corrected chi connectivity index (χ1v) is 10.5. The molecule has 2 aromatic carbocycles. The van der Waals surface area contributed by atoms with E-state index in [1.165, 1.54) is 4.90 Å². The van der Waals surface area contributed by atoms with E-state index in [9.17, 15) is 4.79 Å². The van der Waals surface area contributed by atoms with Crippen molar-refractivity contribution in [2.75, 3.05) is 11.6 Å². The molecular weight excluding hydrogens is 370 g/mol. The number of benzene rings is 2. The zero-order valence-electron chi connectivity index (χ0n) is 16.4. The fraction of sp³-hybridized carbons (Fsp3) is 0.273. The molecule has 1 aromatic heterocycles. The average Bonchev–Trinajstić information content (AvgIpc) is 3.04. The van der Waals surface area contributed by atoms with Gasteiger partial charge in [-0.25, -0.2) is 9.78 Å². The summed E-state index contributed by atoms with van der Waals surface area (Å²) >= 11 is 1.69. The molecule has 0 spiro atoms. The number of rotatable bonds is 4. The zero-order chi connectivity index (χ0) is 19.8. The van der Waals surface area contributed by atoms with Gasteiger partial charge in [0.1, 0.15) is 0 Å². The van der Waals surface area contributed by atoms with Crippen LogP contribution in [0.1, 0.15) is 32.4 Å². The van der Waals surface area contributed by atoms with Gasteiger partial charge in [0.25, 0.3) is 0 Å². The molecule has 6 heteroatoms. The van der Waals surface area contributed by atoms with Gasteiger partial charge in [-0.2, -0.15) is 0 Å². The van der Waals surface area contributed by atoms with Gasteiger partial charge in [-0.15, -0.1) is 11.8 Å². The van der Waals surface area contributed by atoms with Crippen LogP contribution in [0.4, 0.5) is 5.95 Å². The largest absolute Gasteiger partial charge is 0.459 e. The number of carbonyl (C=O) groups is 1. The number of fused-ring (bicyclic) bond motifs is 3. The summed E-state index contributed by atoms with van der Waals surface area (Å²) in [4.78, 5) is 18.9. The third-order valence-corrected chi connectivity index (χ3v) is 5.57. The molecule has 0 saturated carbocycles. The van der Waals surface area contributed by atoms with E-state index >= 15 is 0 Å². The molecule has 0 radical (unpaired) electrons. The summed E-state index contributed by atoms with van der Waals surface area (Å²) < 4.78 is 7.68. The maximum absolute atomic E-state index is 13.0. The Bertz CT molecular complexity index is 1070. The van der Waals surface area contributed by atoms with Crippen molar-refractivity contribution in [2.24, 2.45) is 0 Å². The Morgan fingerprint density at radius 2 is 1.89 bits per heavy atom. The molecule has 3 aromatic rings. The van der Waals surface area contributed by atoms with Crippen LogP contribution in [-0.4, -0.2) is 27.9 Å². The number of aromatic nitrogens is 2. The molecule has 0 saturated heterocycles. The topological polar surface area (TPSA) is 56.1 Å². The number of esters is 1. The fourth-order valence-corrected chi connectivity index (χ4v) is 4.02. The number of thioether (sulfide) groups is 1. The Morgan fingerprint density at radius 3 is 2.57 bits per heavy atom. The first kappa shape index (κ1) is 18.6. The van der Waals surface area contributed by atoms with Crippen LogP contribution in [0.3, 0.4) is 0 Å². The van der Waals surface area contributed by atoms with Gasteiger partial charge in [-0.3, -0.25) is 4.57 Å². The smallest absolute Gasteiger partial charge is 0.338 e. The number of hydrogen-bond acceptors (Lipinski definition) is 5. The summed E-state index contributed by atoms with van der Waals surface area (Å²) in [5, 5.41) is 3.30. The van der Waals surface area contributed by atoms with Crippen molar-refractivity contribution < 1.29 is 9.53 Å². The molecule has 1 N–H and O–H groups in total. The van der Waals surface area contributed by atoms with Gasteiger partial charge in [0.15, 0.2) is 0 Å². The SMILES string of the molecule is CSc1ccc([C@H]2C(C(=O)OC(C)C)=C(C)Nc3nc4ccccc4n32)cc1. The molecule has 28 heavy (non-hydrogen) atoms. The van der Waals surface area contributed by atoms with Gasteiger partial charge < -0.3 is 10.1 Å². The van der Waals surface area contributed by atoms with Crippen LogP contribution in [0, 0.1) is 0 Å². The van der Waals surface area contributed by atoms with Crippen LogP contribution in [0.15, 0.2) is 64.7 Å². The number of hydrogen-bond donors (Lipinski definition) is 1. The van der Waals surface area contributed by atoms with Gasteiger partial charge in [0.2, 0.25) is 5.95 Å². The number of nitrogens with one attached hydrogen (secondary N) is 1. The molecule has 1 aliphatic heterocycles. The lowest BCUT2D eigenvalue weighted by molar-refractivity contribution is -0.143. The summed E-state index contributed by atoms with van der Waals surface area (Å²) in [6.45, 7) is 5.64. The average molecular weight is 394 g/mol. The minimum absolute atomic E-state index is 0.187. The normalized spacial score (nSPS) is 16.2. The van der Waals surface area contributed by atoms with Crippen LogP contribution in [-0.2, 0) is 9.53 Å². The van der Waals surface area contributed by atoms with Crippen molar-refractivity contribution >= 4 is 34.7 Å². The van der Waals surface area contributed by atoms with Crippen LogP contribution >= 0.6 is 11.8 Å². The molecule has 2 heterocycles. The minimum Gasteiger partial charge on any atom is -0.459 e. The van der Waals surface area contributed by atoms with Gasteiger partial charge in [-0.1, -0.05) is 24.3 Å². The zero-order valence-corrected chi connectivity index (χ0v) is 17.2. The van der Waals surface area contributed by atoms with Crippen molar-refractivity contribution in [3.05, 3.63) is 65.4 Å². The fourth-order valence-electron chi connectivity index (χ4n) is 3.61. The lowest BCUT2D eigenvalue weighted by Gasteiger charge is -2.30. The number of ether oxygens (including phenoxy) is 1. The highest BCUT2D eigenvalue weighted by Crippen LogP contribution is 2.39. The van der Waals surface area contributed by atoms with E-state index in [0.29, 0.717) is 5.57 Å². The first-order chi connectivity index (χ1) is 13.5. The van der Waals surface area contributed by atoms with E-state index in [4.69, 9.17) is 9.72 Å². The second kappa shape index (κ2) is 7.36. The number of allylic oxidation sites excluding steroid dienone is 1. The van der Waals surface area contributed by atoms with Gasteiger partial charge in [-0.05, 0) is 56.9 Å². The number of para-hydroxylation sites is 2. The quantitative estimate of drug-likeness (QED) is 0.499. The lowest BCUT2D eigenvalue weighted by Crippen LogP contribution is -2.29. The summed E-state index contributed by atoms with van der Waals surface area (Å²) in [7, 11) is 0. The van der Waals surface area contributed by atoms with Crippen molar-refractivity contribution in [1.29, 1.82) is 0 Å². The highest BCUT2D eigenvalue weighted by Gasteiger charge is 2.35. The maximum Gasteiger partial charge on any atom is 0.338 e. The summed E-state index contributed by atoms with van der Waals surface area (Å²) in [5.41, 5.74) is 4.28. The molecule has 4 rings (SSSR count). The highest BCUT2D eigenvalue weighted by molar-refractivity contribution is 7.98. The maximum atomic E-state index is 13.0. The second-order valence-electron chi connectivity index (χ2n) is 7.09. The Balaban J connectivity index is 1.93. The molecule has 144 valence electrons. The van der Waals surface area contributed by atoms with Crippen LogP contribution in [0.2, 0.25) is 0 Å². The highest BCUT2D eigenvalue weighted by atomic mass is 32.2. The third kappa shape index (κ3) is 3.18.